The number of H-pyrrole nitrogens is 1. The number of para-hydroxylation sites is 1. The van der Waals surface area contributed by atoms with Gasteiger partial charge in [-0.2, -0.15) is 0 Å². The van der Waals surface area contributed by atoms with Crippen LogP contribution in [0.15, 0.2) is 35.5 Å². The first-order chi connectivity index (χ1) is 18.5. The number of nitrogens with zero attached hydrogens (tertiary/aromatic N) is 1. The Kier molecular flexibility index (Phi) is 11.7. The van der Waals surface area contributed by atoms with Crippen molar-refractivity contribution in [3.63, 3.8) is 0 Å². The smallest absolute Gasteiger partial charge is 0.326 e. The fourth-order valence-corrected chi connectivity index (χ4v) is 3.83. The summed E-state index contributed by atoms with van der Waals surface area (Å²) < 4.78 is 0. The minimum absolute atomic E-state index is 0.0181. The fraction of sp³-hybridized carbons (Fsp3) is 0.417. The van der Waals surface area contributed by atoms with Crippen molar-refractivity contribution >= 4 is 46.5 Å². The SMILES string of the molecule is NCC(=O)NC(Cc1c[nH]c2ccccc12)C(=O)NC(CCCN=C(N)N)C(=O)NC(CCC(=O)O)C(=O)O. The van der Waals surface area contributed by atoms with E-state index in [2.05, 4.69) is 25.9 Å². The van der Waals surface area contributed by atoms with Gasteiger partial charge in [-0.3, -0.25) is 24.2 Å². The van der Waals surface area contributed by atoms with Gasteiger partial charge in [0.15, 0.2) is 5.96 Å². The van der Waals surface area contributed by atoms with Crippen LogP contribution in [0, 0.1) is 0 Å². The van der Waals surface area contributed by atoms with Crippen LogP contribution in [-0.2, 0) is 30.4 Å². The average Bonchev–Trinajstić information content (AvgIpc) is 3.29. The monoisotopic (exact) mass is 546 g/mol. The molecule has 0 aliphatic carbocycles. The molecule has 2 aromatic rings. The molecule has 0 saturated heterocycles. The summed E-state index contributed by atoms with van der Waals surface area (Å²) in [4.78, 5) is 67.8. The van der Waals surface area contributed by atoms with Crippen LogP contribution in [0.25, 0.3) is 10.9 Å². The summed E-state index contributed by atoms with van der Waals surface area (Å²) in [7, 11) is 0. The van der Waals surface area contributed by atoms with E-state index in [0.717, 1.165) is 16.5 Å². The number of carbonyl (C=O) groups excluding carboxylic acids is 3. The number of aromatic amines is 1. The van der Waals surface area contributed by atoms with Crippen LogP contribution in [0.3, 0.4) is 0 Å². The molecule has 3 amide bonds. The lowest BCUT2D eigenvalue weighted by Crippen LogP contribution is -2.56. The minimum atomic E-state index is -1.50. The molecule has 0 radical (unpaired) electrons. The summed E-state index contributed by atoms with van der Waals surface area (Å²) in [5.74, 6) is -4.97. The average molecular weight is 547 g/mol. The number of hydrogen-bond acceptors (Lipinski definition) is 7. The molecule has 1 aromatic heterocycles. The molecule has 39 heavy (non-hydrogen) atoms. The van der Waals surface area contributed by atoms with Crippen LogP contribution in [0.4, 0.5) is 0 Å². The number of benzene rings is 1. The van der Waals surface area contributed by atoms with Gasteiger partial charge < -0.3 is 48.3 Å². The highest BCUT2D eigenvalue weighted by Crippen LogP contribution is 2.19. The van der Waals surface area contributed by atoms with E-state index in [1.54, 1.807) is 6.20 Å². The highest BCUT2D eigenvalue weighted by atomic mass is 16.4. The summed E-state index contributed by atoms with van der Waals surface area (Å²) in [6, 6.07) is 3.53. The Morgan fingerprint density at radius 3 is 2.23 bits per heavy atom. The molecule has 1 aromatic carbocycles. The first-order valence-electron chi connectivity index (χ1n) is 12.2. The molecule has 15 nitrogen and oxygen atoms in total. The molecule has 0 bridgehead atoms. The topological polar surface area (TPSA) is 268 Å². The third-order valence-electron chi connectivity index (χ3n) is 5.78. The molecule has 0 spiro atoms. The Hall–Kier alpha value is -4.66. The number of nitrogens with two attached hydrogens (primary N) is 3. The Morgan fingerprint density at radius 2 is 1.59 bits per heavy atom. The normalized spacial score (nSPS) is 13.1. The minimum Gasteiger partial charge on any atom is -0.481 e. The number of aliphatic imine (C=N–C) groups is 1. The van der Waals surface area contributed by atoms with Gasteiger partial charge in [-0.15, -0.1) is 0 Å². The maximum Gasteiger partial charge on any atom is 0.326 e. The van der Waals surface area contributed by atoms with E-state index in [0.29, 0.717) is 0 Å². The third-order valence-corrected chi connectivity index (χ3v) is 5.78. The molecule has 12 N–H and O–H groups in total. The molecule has 0 aliphatic heterocycles. The highest BCUT2D eigenvalue weighted by molar-refractivity contribution is 5.94. The predicted octanol–water partition coefficient (Wildman–Crippen LogP) is -1.87. The largest absolute Gasteiger partial charge is 0.481 e. The van der Waals surface area contributed by atoms with E-state index in [-0.39, 0.29) is 44.7 Å². The van der Waals surface area contributed by atoms with Crippen molar-refractivity contribution in [3.05, 3.63) is 36.0 Å². The molecule has 212 valence electrons. The van der Waals surface area contributed by atoms with Gasteiger partial charge in [0.05, 0.1) is 6.54 Å². The number of rotatable bonds is 16. The van der Waals surface area contributed by atoms with Gasteiger partial charge in [0.2, 0.25) is 17.7 Å². The first kappa shape index (κ1) is 30.6. The predicted molar refractivity (Wildman–Crippen MR) is 141 cm³/mol. The fourth-order valence-electron chi connectivity index (χ4n) is 3.83. The van der Waals surface area contributed by atoms with Gasteiger partial charge in [-0.05, 0) is 30.9 Å². The Balaban J connectivity index is 2.25. The molecule has 0 fully saturated rings. The molecular formula is C24H34N8O7. The van der Waals surface area contributed by atoms with E-state index in [1.807, 2.05) is 24.3 Å². The molecule has 3 atom stereocenters. The summed E-state index contributed by atoms with van der Waals surface area (Å²) >= 11 is 0. The number of nitrogens with one attached hydrogen (secondary N) is 4. The van der Waals surface area contributed by atoms with Gasteiger partial charge >= 0.3 is 11.9 Å². The van der Waals surface area contributed by atoms with E-state index in [9.17, 15) is 29.1 Å². The number of carboxylic acid groups (broad SMARTS) is 2. The Bertz CT molecular complexity index is 1210. The molecule has 0 aliphatic rings. The number of amides is 3. The third kappa shape index (κ3) is 9.96. The van der Waals surface area contributed by atoms with Crippen molar-refractivity contribution in [2.24, 2.45) is 22.2 Å². The second kappa shape index (κ2) is 14.9. The van der Waals surface area contributed by atoms with Crippen LogP contribution < -0.4 is 33.2 Å². The zero-order valence-electron chi connectivity index (χ0n) is 21.2. The number of aromatic nitrogens is 1. The number of carbonyl (C=O) groups is 5. The van der Waals surface area contributed by atoms with Crippen LogP contribution >= 0.6 is 0 Å². The molecule has 1 heterocycles. The van der Waals surface area contributed by atoms with Gasteiger partial charge in [0, 0.05) is 36.5 Å². The van der Waals surface area contributed by atoms with Gasteiger partial charge in [0.1, 0.15) is 18.1 Å². The van der Waals surface area contributed by atoms with Crippen molar-refractivity contribution < 1.29 is 34.2 Å². The maximum atomic E-state index is 13.3. The number of aliphatic carboxylic acids is 2. The second-order valence-corrected chi connectivity index (χ2v) is 8.73. The number of fused-ring (bicyclic) bond motifs is 1. The second-order valence-electron chi connectivity index (χ2n) is 8.73. The molecule has 3 unspecified atom stereocenters. The quantitative estimate of drug-likeness (QED) is 0.0642. The van der Waals surface area contributed by atoms with Gasteiger partial charge in [-0.25, -0.2) is 4.79 Å². The van der Waals surface area contributed by atoms with Gasteiger partial charge in [-0.1, -0.05) is 18.2 Å². The maximum absolute atomic E-state index is 13.3. The van der Waals surface area contributed by atoms with Crippen molar-refractivity contribution in [1.29, 1.82) is 0 Å². The Labute approximate surface area is 223 Å². The van der Waals surface area contributed by atoms with Gasteiger partial charge in [0.25, 0.3) is 0 Å². The van der Waals surface area contributed by atoms with E-state index in [1.165, 1.54) is 0 Å². The van der Waals surface area contributed by atoms with Crippen LogP contribution in [0.1, 0.15) is 31.2 Å². The van der Waals surface area contributed by atoms with Crippen LogP contribution in [0.2, 0.25) is 0 Å². The molecule has 0 saturated carbocycles. The van der Waals surface area contributed by atoms with E-state index in [4.69, 9.17) is 22.3 Å². The summed E-state index contributed by atoms with van der Waals surface area (Å²) in [5, 5.41) is 26.5. The lowest BCUT2D eigenvalue weighted by molar-refractivity contribution is -0.143. The number of guanidine groups is 1. The van der Waals surface area contributed by atoms with Crippen molar-refractivity contribution in [2.45, 2.75) is 50.2 Å². The first-order valence-corrected chi connectivity index (χ1v) is 12.2. The van der Waals surface area contributed by atoms with Crippen LogP contribution in [-0.4, -0.2) is 82.0 Å². The van der Waals surface area contributed by atoms with Crippen LogP contribution in [0.5, 0.6) is 0 Å². The molecule has 2 rings (SSSR count). The highest BCUT2D eigenvalue weighted by Gasteiger charge is 2.30. The molecular weight excluding hydrogens is 512 g/mol. The summed E-state index contributed by atoms with van der Waals surface area (Å²) in [5.41, 5.74) is 17.6. The zero-order valence-corrected chi connectivity index (χ0v) is 21.2. The molecule has 15 heteroatoms. The van der Waals surface area contributed by atoms with Crippen molar-refractivity contribution in [2.75, 3.05) is 13.1 Å². The van der Waals surface area contributed by atoms with E-state index < -0.39 is 54.2 Å². The standard InChI is InChI=1S/C24H34N8O7/c25-11-19(33)30-18(10-13-12-29-15-5-2-1-4-14(13)15)22(37)31-16(6-3-9-28-24(26)27)21(36)32-17(23(38)39)7-8-20(34)35/h1-2,4-5,12,16-18,29H,3,6-11,25H2,(H,30,33)(H,31,37)(H,32,36)(H,34,35)(H,38,39)(H4,26,27,28). The lowest BCUT2D eigenvalue weighted by atomic mass is 10.0. The zero-order chi connectivity index (χ0) is 28.9. The lowest BCUT2D eigenvalue weighted by Gasteiger charge is -2.24. The Morgan fingerprint density at radius 1 is 0.923 bits per heavy atom. The summed E-state index contributed by atoms with van der Waals surface area (Å²) in [6.07, 6.45) is 1.19. The van der Waals surface area contributed by atoms with E-state index >= 15 is 0 Å². The number of hydrogen-bond donors (Lipinski definition) is 9. The van der Waals surface area contributed by atoms with Crippen molar-refractivity contribution in [3.8, 4) is 0 Å². The summed E-state index contributed by atoms with van der Waals surface area (Å²) in [6.45, 7) is -0.240. The van der Waals surface area contributed by atoms with Crippen molar-refractivity contribution in [1.82, 2.24) is 20.9 Å². The number of carboxylic acids is 2.